The Balaban J connectivity index is 0.000000250. The molecule has 0 bridgehead atoms. The van der Waals surface area contributed by atoms with Gasteiger partial charge in [-0.1, -0.05) is 6.92 Å². The highest BCUT2D eigenvalue weighted by molar-refractivity contribution is 4.64. The second-order valence-electron chi connectivity index (χ2n) is 1.36. The summed E-state index contributed by atoms with van der Waals surface area (Å²) in [5.41, 5.74) is 0. The highest BCUT2D eigenvalue weighted by Gasteiger charge is 2.18. The molecule has 2 heteroatoms. The molecule has 38 valence electrons. The van der Waals surface area contributed by atoms with Crippen molar-refractivity contribution >= 4 is 0 Å². The van der Waals surface area contributed by atoms with E-state index in [4.69, 9.17) is 4.74 Å². The summed E-state index contributed by atoms with van der Waals surface area (Å²) >= 11 is 0. The summed E-state index contributed by atoms with van der Waals surface area (Å²) in [5.74, 6) is 0. The van der Waals surface area contributed by atoms with Gasteiger partial charge in [0.2, 0.25) is 0 Å². The van der Waals surface area contributed by atoms with E-state index in [-0.39, 0.29) is 6.15 Å². The lowest BCUT2D eigenvalue weighted by atomic mass is 10.4. The number of rotatable bonds is 1. The Morgan fingerprint density at radius 2 is 2.33 bits per heavy atom. The third kappa shape index (κ3) is 1.38. The molecule has 1 saturated heterocycles. The fourth-order valence-corrected chi connectivity index (χ4v) is 0.304. The predicted molar refractivity (Wildman–Crippen MR) is 25.1 cm³/mol. The summed E-state index contributed by atoms with van der Waals surface area (Å²) < 4.78 is 4.86. The Hall–Kier alpha value is -0.0800. The van der Waals surface area contributed by atoms with E-state index in [1.807, 2.05) is 0 Å². The minimum atomic E-state index is 0. The van der Waals surface area contributed by atoms with Crippen molar-refractivity contribution in [3.63, 3.8) is 0 Å². The minimum absolute atomic E-state index is 0. The summed E-state index contributed by atoms with van der Waals surface area (Å²) in [7, 11) is 0. The van der Waals surface area contributed by atoms with Crippen molar-refractivity contribution in [2.45, 2.75) is 19.4 Å². The van der Waals surface area contributed by atoms with E-state index in [0.29, 0.717) is 6.10 Å². The maximum atomic E-state index is 4.86. The fraction of sp³-hybridized carbons (Fsp3) is 1.00. The van der Waals surface area contributed by atoms with E-state index < -0.39 is 0 Å². The molecule has 1 unspecified atom stereocenters. The molecule has 0 aromatic heterocycles. The Bertz CT molecular complexity index is 34.5. The summed E-state index contributed by atoms with van der Waals surface area (Å²) in [5, 5.41) is 0. The van der Waals surface area contributed by atoms with Gasteiger partial charge >= 0.3 is 0 Å². The maximum absolute atomic E-state index is 4.86. The van der Waals surface area contributed by atoms with Crippen molar-refractivity contribution < 1.29 is 4.74 Å². The van der Waals surface area contributed by atoms with Crippen LogP contribution in [0, 0.1) is 0 Å². The van der Waals surface area contributed by atoms with Gasteiger partial charge in [-0.2, -0.15) is 0 Å². The molecule has 1 rings (SSSR count). The molecular formula is C4H11NO. The van der Waals surface area contributed by atoms with Gasteiger partial charge < -0.3 is 10.9 Å². The highest BCUT2D eigenvalue weighted by Crippen LogP contribution is 2.10. The van der Waals surface area contributed by atoms with Crippen LogP contribution in [0.4, 0.5) is 0 Å². The normalized spacial score (nSPS) is 28.5. The van der Waals surface area contributed by atoms with Gasteiger partial charge in [0.05, 0.1) is 12.7 Å². The molecule has 1 heterocycles. The monoisotopic (exact) mass is 89.1 g/mol. The molecule has 6 heavy (non-hydrogen) atoms. The number of epoxide rings is 1. The summed E-state index contributed by atoms with van der Waals surface area (Å²) in [4.78, 5) is 0. The summed E-state index contributed by atoms with van der Waals surface area (Å²) in [6.07, 6.45) is 1.83. The molecule has 0 aromatic carbocycles. The van der Waals surface area contributed by atoms with Gasteiger partial charge in [-0.3, -0.25) is 0 Å². The van der Waals surface area contributed by atoms with Gasteiger partial charge in [0, 0.05) is 0 Å². The molecule has 0 saturated carbocycles. The van der Waals surface area contributed by atoms with Crippen LogP contribution in [0.2, 0.25) is 0 Å². The van der Waals surface area contributed by atoms with Gasteiger partial charge in [0.1, 0.15) is 0 Å². The topological polar surface area (TPSA) is 47.5 Å². The van der Waals surface area contributed by atoms with Gasteiger partial charge in [-0.05, 0) is 6.42 Å². The first kappa shape index (κ1) is 5.92. The minimum Gasteiger partial charge on any atom is -0.373 e. The largest absolute Gasteiger partial charge is 0.373 e. The van der Waals surface area contributed by atoms with Crippen molar-refractivity contribution in [2.24, 2.45) is 0 Å². The lowest BCUT2D eigenvalue weighted by Crippen LogP contribution is -1.73. The van der Waals surface area contributed by atoms with Crippen LogP contribution in [0.25, 0.3) is 0 Å². The molecule has 0 aliphatic carbocycles. The van der Waals surface area contributed by atoms with Crippen molar-refractivity contribution in [3.05, 3.63) is 0 Å². The predicted octanol–water partition coefficient (Wildman–Crippen LogP) is 0.957. The van der Waals surface area contributed by atoms with Crippen molar-refractivity contribution in [3.8, 4) is 0 Å². The van der Waals surface area contributed by atoms with Crippen LogP contribution in [0.15, 0.2) is 0 Å². The molecule has 0 amide bonds. The van der Waals surface area contributed by atoms with E-state index in [9.17, 15) is 0 Å². The number of hydrogen-bond acceptors (Lipinski definition) is 2. The average Bonchev–Trinajstić information content (AvgIpc) is 2.12. The standard InChI is InChI=1S/C4H8O.H3N/c1-2-4-3-5-4;/h4H,2-3H2,1H3;1H3. The zero-order valence-corrected chi connectivity index (χ0v) is 4.11. The quantitative estimate of drug-likeness (QED) is 0.486. The first-order valence-electron chi connectivity index (χ1n) is 2.05. The molecule has 1 fully saturated rings. The Morgan fingerprint density at radius 3 is 2.33 bits per heavy atom. The van der Waals surface area contributed by atoms with Crippen molar-refractivity contribution in [1.29, 1.82) is 0 Å². The fourth-order valence-electron chi connectivity index (χ4n) is 0.304. The molecule has 1 aliphatic heterocycles. The van der Waals surface area contributed by atoms with Gasteiger partial charge in [0.25, 0.3) is 0 Å². The van der Waals surface area contributed by atoms with Crippen LogP contribution >= 0.6 is 0 Å². The molecule has 1 aliphatic rings. The van der Waals surface area contributed by atoms with Crippen LogP contribution in [0.1, 0.15) is 13.3 Å². The van der Waals surface area contributed by atoms with Gasteiger partial charge in [-0.15, -0.1) is 0 Å². The van der Waals surface area contributed by atoms with Gasteiger partial charge in [-0.25, -0.2) is 0 Å². The van der Waals surface area contributed by atoms with E-state index in [0.717, 1.165) is 6.61 Å². The lowest BCUT2D eigenvalue weighted by Gasteiger charge is -1.69. The molecule has 3 N–H and O–H groups in total. The Morgan fingerprint density at radius 1 is 1.83 bits per heavy atom. The second kappa shape index (κ2) is 2.16. The van der Waals surface area contributed by atoms with E-state index in [1.165, 1.54) is 6.42 Å². The van der Waals surface area contributed by atoms with Crippen molar-refractivity contribution in [2.75, 3.05) is 6.61 Å². The van der Waals surface area contributed by atoms with Crippen LogP contribution in [0.3, 0.4) is 0 Å². The molecule has 0 radical (unpaired) electrons. The van der Waals surface area contributed by atoms with Crippen molar-refractivity contribution in [1.82, 2.24) is 6.15 Å². The van der Waals surface area contributed by atoms with Crippen LogP contribution < -0.4 is 6.15 Å². The molecule has 2 nitrogen and oxygen atoms in total. The molecular weight excluding hydrogens is 78.0 g/mol. The average molecular weight is 89.1 g/mol. The Labute approximate surface area is 38.1 Å². The molecule has 1 atom stereocenters. The number of hydrogen-bond donors (Lipinski definition) is 1. The van der Waals surface area contributed by atoms with Gasteiger partial charge in [0.15, 0.2) is 0 Å². The summed E-state index contributed by atoms with van der Waals surface area (Å²) in [6.45, 7) is 3.15. The Kier molecular flexibility index (Phi) is 2.13. The van der Waals surface area contributed by atoms with Crippen LogP contribution in [-0.2, 0) is 4.74 Å². The highest BCUT2D eigenvalue weighted by atomic mass is 16.6. The maximum Gasteiger partial charge on any atom is 0.0807 e. The van der Waals surface area contributed by atoms with E-state index in [1.54, 1.807) is 0 Å². The lowest BCUT2D eigenvalue weighted by molar-refractivity contribution is 0.403. The zero-order chi connectivity index (χ0) is 3.70. The SMILES string of the molecule is CCC1CO1.N. The molecule has 0 spiro atoms. The zero-order valence-electron chi connectivity index (χ0n) is 4.11. The number of ether oxygens (including phenoxy) is 1. The van der Waals surface area contributed by atoms with Crippen LogP contribution in [-0.4, -0.2) is 12.7 Å². The molecule has 0 aromatic rings. The first-order chi connectivity index (χ1) is 2.43. The van der Waals surface area contributed by atoms with Crippen LogP contribution in [0.5, 0.6) is 0 Å². The first-order valence-corrected chi connectivity index (χ1v) is 2.05. The van der Waals surface area contributed by atoms with E-state index >= 15 is 0 Å². The third-order valence-corrected chi connectivity index (χ3v) is 0.858. The second-order valence-corrected chi connectivity index (χ2v) is 1.36. The third-order valence-electron chi connectivity index (χ3n) is 0.858. The summed E-state index contributed by atoms with van der Waals surface area (Å²) in [6, 6.07) is 0. The smallest absolute Gasteiger partial charge is 0.0807 e. The van der Waals surface area contributed by atoms with E-state index in [2.05, 4.69) is 6.92 Å².